The second kappa shape index (κ2) is 5.16. The zero-order valence-corrected chi connectivity index (χ0v) is 12.3. The third-order valence-electron chi connectivity index (χ3n) is 3.74. The van der Waals surface area contributed by atoms with Crippen LogP contribution in [0.3, 0.4) is 0 Å². The van der Waals surface area contributed by atoms with E-state index in [0.29, 0.717) is 11.0 Å². The molecule has 114 valence electrons. The lowest BCUT2D eigenvalue weighted by atomic mass is 10.1. The van der Waals surface area contributed by atoms with Gasteiger partial charge in [-0.25, -0.2) is 4.98 Å². The number of halogens is 3. The molecule has 0 atom stereocenters. The quantitative estimate of drug-likeness (QED) is 0.670. The molecule has 0 aliphatic heterocycles. The molecule has 3 rings (SSSR count). The number of alkyl halides is 3. The number of aromatic nitrogens is 2. The van der Waals surface area contributed by atoms with E-state index in [-0.39, 0.29) is 6.54 Å². The maximum atomic E-state index is 13.3. The highest BCUT2D eigenvalue weighted by Gasteiger charge is 2.37. The van der Waals surface area contributed by atoms with Crippen molar-refractivity contribution in [3.8, 4) is 0 Å². The molecule has 0 spiro atoms. The maximum absolute atomic E-state index is 13.3. The summed E-state index contributed by atoms with van der Waals surface area (Å²) >= 11 is 0. The highest BCUT2D eigenvalue weighted by Crippen LogP contribution is 2.32. The Morgan fingerprint density at radius 3 is 2.50 bits per heavy atom. The molecule has 3 aromatic rings. The Labute approximate surface area is 126 Å². The van der Waals surface area contributed by atoms with Gasteiger partial charge in [-0.15, -0.1) is 0 Å². The van der Waals surface area contributed by atoms with E-state index in [2.05, 4.69) is 4.98 Å². The molecule has 1 heterocycles. The molecule has 0 aliphatic carbocycles. The summed E-state index contributed by atoms with van der Waals surface area (Å²) in [5.41, 5.74) is 3.72. The first-order valence-corrected chi connectivity index (χ1v) is 6.95. The smallest absolute Gasteiger partial charge is 0.316 e. The Morgan fingerprint density at radius 1 is 1.05 bits per heavy atom. The number of nitrogens with zero attached hydrogens (tertiary/aromatic N) is 2. The van der Waals surface area contributed by atoms with Crippen molar-refractivity contribution in [3.63, 3.8) is 0 Å². The standard InChI is InChI=1S/C17H15F3N2/c1-11-7-8-12(2)13(9-11)10-22-15-6-4-3-5-14(15)21-16(22)17(18,19)20/h3-9H,10H2,1-2H3. The third kappa shape index (κ3) is 2.58. The van der Waals surface area contributed by atoms with Crippen molar-refractivity contribution in [2.75, 3.05) is 0 Å². The van der Waals surface area contributed by atoms with E-state index in [1.165, 1.54) is 4.57 Å². The van der Waals surface area contributed by atoms with Gasteiger partial charge in [0.25, 0.3) is 0 Å². The summed E-state index contributed by atoms with van der Waals surface area (Å²) in [6, 6.07) is 12.5. The second-order valence-electron chi connectivity index (χ2n) is 5.44. The number of benzene rings is 2. The summed E-state index contributed by atoms with van der Waals surface area (Å²) in [5, 5.41) is 0. The largest absolute Gasteiger partial charge is 0.449 e. The first-order chi connectivity index (χ1) is 10.4. The molecule has 2 aromatic carbocycles. The molecule has 0 fully saturated rings. The number of hydrogen-bond acceptors (Lipinski definition) is 1. The second-order valence-corrected chi connectivity index (χ2v) is 5.44. The molecule has 0 unspecified atom stereocenters. The zero-order chi connectivity index (χ0) is 15.9. The van der Waals surface area contributed by atoms with Gasteiger partial charge in [0.2, 0.25) is 5.82 Å². The third-order valence-corrected chi connectivity index (χ3v) is 3.74. The van der Waals surface area contributed by atoms with Crippen LogP contribution in [0.2, 0.25) is 0 Å². The van der Waals surface area contributed by atoms with Crippen LogP contribution in [0.1, 0.15) is 22.5 Å². The summed E-state index contributed by atoms with van der Waals surface area (Å²) in [5.74, 6) is -0.852. The molecule has 0 bridgehead atoms. The summed E-state index contributed by atoms with van der Waals surface area (Å²) in [6.45, 7) is 3.99. The Morgan fingerprint density at radius 2 is 1.77 bits per heavy atom. The number of rotatable bonds is 2. The Kier molecular flexibility index (Phi) is 3.43. The molecule has 0 amide bonds. The van der Waals surface area contributed by atoms with Crippen LogP contribution in [0.5, 0.6) is 0 Å². The fourth-order valence-corrected chi connectivity index (χ4v) is 2.59. The van der Waals surface area contributed by atoms with Crippen molar-refractivity contribution >= 4 is 11.0 Å². The normalized spacial score (nSPS) is 12.0. The van der Waals surface area contributed by atoms with Gasteiger partial charge >= 0.3 is 6.18 Å². The van der Waals surface area contributed by atoms with Gasteiger partial charge in [-0.3, -0.25) is 0 Å². The number of hydrogen-bond donors (Lipinski definition) is 0. The van der Waals surface area contributed by atoms with Crippen LogP contribution in [-0.4, -0.2) is 9.55 Å². The van der Waals surface area contributed by atoms with Gasteiger partial charge in [0.05, 0.1) is 11.0 Å². The summed E-state index contributed by atoms with van der Waals surface area (Å²) in [6.07, 6.45) is -4.48. The summed E-state index contributed by atoms with van der Waals surface area (Å²) < 4.78 is 41.1. The van der Waals surface area contributed by atoms with E-state index in [0.717, 1.165) is 16.7 Å². The molecule has 0 radical (unpaired) electrons. The molecule has 2 nitrogen and oxygen atoms in total. The maximum Gasteiger partial charge on any atom is 0.449 e. The van der Waals surface area contributed by atoms with E-state index in [1.54, 1.807) is 24.3 Å². The van der Waals surface area contributed by atoms with Gasteiger partial charge in [-0.05, 0) is 37.1 Å². The topological polar surface area (TPSA) is 17.8 Å². The van der Waals surface area contributed by atoms with Crippen molar-refractivity contribution in [3.05, 3.63) is 65.0 Å². The SMILES string of the molecule is Cc1ccc(C)c(Cn2c(C(F)(F)F)nc3ccccc32)c1. The number of fused-ring (bicyclic) bond motifs is 1. The van der Waals surface area contributed by atoms with Crippen LogP contribution in [0, 0.1) is 13.8 Å². The van der Waals surface area contributed by atoms with E-state index < -0.39 is 12.0 Å². The van der Waals surface area contributed by atoms with Crippen molar-refractivity contribution in [1.29, 1.82) is 0 Å². The highest BCUT2D eigenvalue weighted by atomic mass is 19.4. The average molecular weight is 304 g/mol. The van der Waals surface area contributed by atoms with E-state index >= 15 is 0 Å². The monoisotopic (exact) mass is 304 g/mol. The van der Waals surface area contributed by atoms with Crippen LogP contribution >= 0.6 is 0 Å². The van der Waals surface area contributed by atoms with E-state index in [1.807, 2.05) is 32.0 Å². The number of imidazole rings is 1. The van der Waals surface area contributed by atoms with Crippen LogP contribution < -0.4 is 0 Å². The minimum absolute atomic E-state index is 0.156. The van der Waals surface area contributed by atoms with Gasteiger partial charge in [0, 0.05) is 6.54 Å². The minimum atomic E-state index is -4.48. The lowest BCUT2D eigenvalue weighted by Crippen LogP contribution is -2.16. The van der Waals surface area contributed by atoms with Crippen molar-refractivity contribution in [2.24, 2.45) is 0 Å². The molecule has 5 heteroatoms. The fraction of sp³-hybridized carbons (Fsp3) is 0.235. The first kappa shape index (κ1) is 14.6. The van der Waals surface area contributed by atoms with Crippen LogP contribution in [0.15, 0.2) is 42.5 Å². The minimum Gasteiger partial charge on any atom is -0.316 e. The van der Waals surface area contributed by atoms with Gasteiger partial charge in [-0.1, -0.05) is 35.9 Å². The van der Waals surface area contributed by atoms with Crippen LogP contribution in [-0.2, 0) is 12.7 Å². The van der Waals surface area contributed by atoms with Crippen molar-refractivity contribution in [1.82, 2.24) is 9.55 Å². The Hall–Kier alpha value is -2.30. The molecule has 0 aliphatic rings. The predicted octanol–water partition coefficient (Wildman–Crippen LogP) is 4.72. The van der Waals surface area contributed by atoms with E-state index in [4.69, 9.17) is 0 Å². The molecule has 22 heavy (non-hydrogen) atoms. The number of para-hydroxylation sites is 2. The molecular weight excluding hydrogens is 289 g/mol. The van der Waals surface area contributed by atoms with Crippen LogP contribution in [0.25, 0.3) is 11.0 Å². The summed E-state index contributed by atoms with van der Waals surface area (Å²) in [4.78, 5) is 3.77. The van der Waals surface area contributed by atoms with Gasteiger partial charge < -0.3 is 4.57 Å². The fourth-order valence-electron chi connectivity index (χ4n) is 2.59. The van der Waals surface area contributed by atoms with Gasteiger partial charge in [0.1, 0.15) is 0 Å². The average Bonchev–Trinajstić information content (AvgIpc) is 2.82. The molecular formula is C17H15F3N2. The van der Waals surface area contributed by atoms with Crippen molar-refractivity contribution < 1.29 is 13.2 Å². The molecule has 0 N–H and O–H groups in total. The Bertz CT molecular complexity index is 832. The number of aryl methyl sites for hydroxylation is 2. The van der Waals surface area contributed by atoms with Crippen molar-refractivity contribution in [2.45, 2.75) is 26.6 Å². The first-order valence-electron chi connectivity index (χ1n) is 6.95. The highest BCUT2D eigenvalue weighted by molar-refractivity contribution is 5.76. The Balaban J connectivity index is 2.18. The van der Waals surface area contributed by atoms with Gasteiger partial charge in [0.15, 0.2) is 0 Å². The summed E-state index contributed by atoms with van der Waals surface area (Å²) in [7, 11) is 0. The molecule has 0 saturated heterocycles. The molecule has 0 saturated carbocycles. The molecule has 1 aromatic heterocycles. The predicted molar refractivity (Wildman–Crippen MR) is 79.8 cm³/mol. The zero-order valence-electron chi connectivity index (χ0n) is 12.3. The van der Waals surface area contributed by atoms with E-state index in [9.17, 15) is 13.2 Å². The van der Waals surface area contributed by atoms with Crippen LogP contribution in [0.4, 0.5) is 13.2 Å². The lowest BCUT2D eigenvalue weighted by Gasteiger charge is -2.13. The lowest BCUT2D eigenvalue weighted by molar-refractivity contribution is -0.146. The van der Waals surface area contributed by atoms with Gasteiger partial charge in [-0.2, -0.15) is 13.2 Å².